The first kappa shape index (κ1) is 18.4. The minimum absolute atomic E-state index is 0.200. The van der Waals surface area contributed by atoms with Crippen LogP contribution in [0.25, 0.3) is 11.0 Å². The lowest BCUT2D eigenvalue weighted by Crippen LogP contribution is -2.30. The van der Waals surface area contributed by atoms with Crippen LogP contribution in [-0.4, -0.2) is 14.9 Å². The van der Waals surface area contributed by atoms with Crippen molar-refractivity contribution in [3.8, 4) is 0 Å². The molecule has 0 radical (unpaired) electrons. The van der Waals surface area contributed by atoms with E-state index in [-0.39, 0.29) is 11.6 Å². The zero-order chi connectivity index (χ0) is 19.7. The molecule has 0 fully saturated rings. The average Bonchev–Trinajstić information content (AvgIpc) is 3.17. The molecule has 4 rings (SSSR count). The smallest absolute Gasteiger partial charge is 0.280 e. The monoisotopic (exact) mass is 393 g/mol. The standard InChI is InChI=1S/C22H20ClN3O2/c1-3-17-19-21(28-25-17)18(4-2)24-26(22(19)27)20(14-8-6-5-7-9-14)15-10-12-16(23)13-11-15/h5-13,20H,3-4H2,1-2H3/t20-/m1/s1. The van der Waals surface area contributed by atoms with Crippen molar-refractivity contribution < 1.29 is 4.52 Å². The second kappa shape index (κ2) is 7.60. The predicted octanol–water partition coefficient (Wildman–Crippen LogP) is 4.80. The Bertz CT molecular complexity index is 1160. The van der Waals surface area contributed by atoms with E-state index >= 15 is 0 Å². The third kappa shape index (κ3) is 3.12. The molecule has 0 unspecified atom stereocenters. The largest absolute Gasteiger partial charge is 0.354 e. The number of hydrogen-bond donors (Lipinski definition) is 0. The molecule has 2 aromatic heterocycles. The maximum Gasteiger partial charge on any atom is 0.280 e. The Kier molecular flexibility index (Phi) is 5.01. The molecule has 0 aliphatic carbocycles. The van der Waals surface area contributed by atoms with E-state index in [1.165, 1.54) is 0 Å². The first-order valence-electron chi connectivity index (χ1n) is 9.34. The Morgan fingerprint density at radius 3 is 2.25 bits per heavy atom. The van der Waals surface area contributed by atoms with E-state index in [2.05, 4.69) is 10.3 Å². The predicted molar refractivity (Wildman–Crippen MR) is 110 cm³/mol. The van der Waals surface area contributed by atoms with Crippen LogP contribution in [0.1, 0.15) is 42.4 Å². The maximum absolute atomic E-state index is 13.5. The van der Waals surface area contributed by atoms with E-state index in [1.807, 2.05) is 68.4 Å². The first-order chi connectivity index (χ1) is 13.6. The van der Waals surface area contributed by atoms with Gasteiger partial charge in [0.05, 0.1) is 5.69 Å². The molecule has 2 heterocycles. The Labute approximate surface area is 167 Å². The van der Waals surface area contributed by atoms with Crippen molar-refractivity contribution in [1.82, 2.24) is 14.9 Å². The molecule has 5 nitrogen and oxygen atoms in total. The summed E-state index contributed by atoms with van der Waals surface area (Å²) in [6.07, 6.45) is 1.25. The molecule has 0 N–H and O–H groups in total. The SMILES string of the molecule is CCc1nn([C@H](c2ccccc2)c2ccc(Cl)cc2)c(=O)c2c(CC)noc12. The lowest BCUT2D eigenvalue weighted by atomic mass is 9.98. The fraction of sp³-hybridized carbons (Fsp3) is 0.227. The van der Waals surface area contributed by atoms with Crippen molar-refractivity contribution in [1.29, 1.82) is 0 Å². The van der Waals surface area contributed by atoms with Crippen molar-refractivity contribution in [2.24, 2.45) is 0 Å². The van der Waals surface area contributed by atoms with Crippen molar-refractivity contribution in [3.05, 3.63) is 92.5 Å². The number of fused-ring (bicyclic) bond motifs is 1. The summed E-state index contributed by atoms with van der Waals surface area (Å²) in [6.45, 7) is 3.95. The molecular weight excluding hydrogens is 374 g/mol. The Hall–Kier alpha value is -2.92. The topological polar surface area (TPSA) is 60.9 Å². The van der Waals surface area contributed by atoms with Crippen molar-refractivity contribution >= 4 is 22.6 Å². The number of benzene rings is 2. The van der Waals surface area contributed by atoms with E-state index in [0.29, 0.717) is 34.5 Å². The quantitative estimate of drug-likeness (QED) is 0.488. The second-order valence-corrected chi connectivity index (χ2v) is 7.04. The van der Waals surface area contributed by atoms with Gasteiger partial charge in [-0.3, -0.25) is 4.79 Å². The molecule has 0 saturated heterocycles. The van der Waals surface area contributed by atoms with Gasteiger partial charge in [0.25, 0.3) is 5.56 Å². The third-order valence-corrected chi connectivity index (χ3v) is 5.14. The summed E-state index contributed by atoms with van der Waals surface area (Å²) >= 11 is 6.09. The zero-order valence-corrected chi connectivity index (χ0v) is 16.5. The average molecular weight is 394 g/mol. The highest BCUT2D eigenvalue weighted by atomic mass is 35.5. The van der Waals surface area contributed by atoms with Gasteiger partial charge in [-0.15, -0.1) is 0 Å². The highest BCUT2D eigenvalue weighted by Crippen LogP contribution is 2.28. The molecule has 0 bridgehead atoms. The molecule has 1 atom stereocenters. The van der Waals surface area contributed by atoms with Gasteiger partial charge in [0.15, 0.2) is 5.58 Å². The van der Waals surface area contributed by atoms with E-state index in [0.717, 1.165) is 16.8 Å². The molecule has 6 heteroatoms. The summed E-state index contributed by atoms with van der Waals surface area (Å²) in [5.74, 6) is 0. The second-order valence-electron chi connectivity index (χ2n) is 6.60. The van der Waals surface area contributed by atoms with Crippen molar-refractivity contribution in [2.75, 3.05) is 0 Å². The Morgan fingerprint density at radius 2 is 1.61 bits per heavy atom. The van der Waals surface area contributed by atoms with Gasteiger partial charge in [-0.1, -0.05) is 73.1 Å². The molecule has 0 saturated carbocycles. The summed E-state index contributed by atoms with van der Waals surface area (Å²) in [5.41, 5.74) is 3.57. The minimum atomic E-state index is -0.375. The normalized spacial score (nSPS) is 12.4. The van der Waals surface area contributed by atoms with Gasteiger partial charge in [-0.05, 0) is 36.1 Å². The van der Waals surface area contributed by atoms with E-state index in [9.17, 15) is 4.79 Å². The summed E-state index contributed by atoms with van der Waals surface area (Å²) in [7, 11) is 0. The molecule has 2 aromatic carbocycles. The highest BCUT2D eigenvalue weighted by molar-refractivity contribution is 6.30. The Balaban J connectivity index is 2.04. The fourth-order valence-electron chi connectivity index (χ4n) is 3.48. The number of halogens is 1. The highest BCUT2D eigenvalue weighted by Gasteiger charge is 2.24. The summed E-state index contributed by atoms with van der Waals surface area (Å²) in [5, 5.41) is 9.94. The lowest BCUT2D eigenvalue weighted by molar-refractivity contribution is 0.441. The molecule has 0 aliphatic rings. The number of rotatable bonds is 5. The third-order valence-electron chi connectivity index (χ3n) is 4.89. The Morgan fingerprint density at radius 1 is 0.964 bits per heavy atom. The van der Waals surface area contributed by atoms with Crippen molar-refractivity contribution in [2.45, 2.75) is 32.7 Å². The molecule has 0 spiro atoms. The van der Waals surface area contributed by atoms with E-state index in [4.69, 9.17) is 16.1 Å². The minimum Gasteiger partial charge on any atom is -0.354 e. The van der Waals surface area contributed by atoms with Gasteiger partial charge in [0, 0.05) is 5.02 Å². The number of aryl methyl sites for hydroxylation is 2. The number of hydrogen-bond acceptors (Lipinski definition) is 4. The van der Waals surface area contributed by atoms with Crippen LogP contribution in [0.3, 0.4) is 0 Å². The number of nitrogens with zero attached hydrogens (tertiary/aromatic N) is 3. The molecule has 4 aromatic rings. The van der Waals surface area contributed by atoms with E-state index < -0.39 is 0 Å². The van der Waals surface area contributed by atoms with Crippen LogP contribution in [0.15, 0.2) is 63.9 Å². The molecule has 0 aliphatic heterocycles. The number of aromatic nitrogens is 3. The van der Waals surface area contributed by atoms with Crippen LogP contribution in [-0.2, 0) is 12.8 Å². The van der Waals surface area contributed by atoms with Gasteiger partial charge in [0.1, 0.15) is 17.1 Å². The first-order valence-corrected chi connectivity index (χ1v) is 9.72. The van der Waals surface area contributed by atoms with Gasteiger partial charge in [-0.2, -0.15) is 5.10 Å². The van der Waals surface area contributed by atoms with Gasteiger partial charge in [-0.25, -0.2) is 4.68 Å². The van der Waals surface area contributed by atoms with Gasteiger partial charge >= 0.3 is 0 Å². The van der Waals surface area contributed by atoms with Gasteiger partial charge in [0.2, 0.25) is 0 Å². The van der Waals surface area contributed by atoms with Gasteiger partial charge < -0.3 is 4.52 Å². The lowest BCUT2D eigenvalue weighted by Gasteiger charge is -2.20. The fourth-order valence-corrected chi connectivity index (χ4v) is 3.60. The van der Waals surface area contributed by atoms with Crippen LogP contribution in [0.4, 0.5) is 0 Å². The van der Waals surface area contributed by atoms with Crippen LogP contribution in [0, 0.1) is 0 Å². The summed E-state index contributed by atoms with van der Waals surface area (Å²) in [4.78, 5) is 13.5. The molecule has 28 heavy (non-hydrogen) atoms. The van der Waals surface area contributed by atoms with Crippen LogP contribution in [0.5, 0.6) is 0 Å². The summed E-state index contributed by atoms with van der Waals surface area (Å²) < 4.78 is 7.01. The van der Waals surface area contributed by atoms with Crippen LogP contribution < -0.4 is 5.56 Å². The van der Waals surface area contributed by atoms with Crippen LogP contribution in [0.2, 0.25) is 5.02 Å². The molecule has 0 amide bonds. The van der Waals surface area contributed by atoms with Crippen molar-refractivity contribution in [3.63, 3.8) is 0 Å². The maximum atomic E-state index is 13.5. The van der Waals surface area contributed by atoms with Crippen LogP contribution >= 0.6 is 11.6 Å². The van der Waals surface area contributed by atoms with E-state index in [1.54, 1.807) is 4.68 Å². The summed E-state index contributed by atoms with van der Waals surface area (Å²) in [6, 6.07) is 17.0. The molecule has 142 valence electrons. The molecular formula is C22H20ClN3O2. The zero-order valence-electron chi connectivity index (χ0n) is 15.7.